The van der Waals surface area contributed by atoms with Gasteiger partial charge in [0.2, 0.25) is 11.9 Å². The molecule has 0 aliphatic carbocycles. The summed E-state index contributed by atoms with van der Waals surface area (Å²) in [7, 11) is 1.54. The fourth-order valence-corrected chi connectivity index (χ4v) is 2.83. The maximum absolute atomic E-state index is 14.1. The van der Waals surface area contributed by atoms with Crippen LogP contribution in [0.25, 0.3) is 0 Å². The van der Waals surface area contributed by atoms with Gasteiger partial charge in [-0.1, -0.05) is 29.3 Å². The zero-order valence-electron chi connectivity index (χ0n) is 14.7. The van der Waals surface area contributed by atoms with Crippen LogP contribution in [-0.4, -0.2) is 32.7 Å². The number of amides is 1. The van der Waals surface area contributed by atoms with Crippen molar-refractivity contribution < 1.29 is 9.18 Å². The smallest absolute Gasteiger partial charge is 0.241 e. The Morgan fingerprint density at radius 3 is 2.71 bits per heavy atom. The number of hydrogen-bond acceptors (Lipinski definition) is 6. The first-order valence-corrected chi connectivity index (χ1v) is 8.91. The predicted molar refractivity (Wildman–Crippen MR) is 105 cm³/mol. The Labute approximate surface area is 170 Å². The SMILES string of the molecule is CNC(=O)Cn1cc(Nc2ncc(F)c(NCc3c(Cl)cccc3Cl)n2)cn1. The molecule has 0 aliphatic rings. The Bertz CT molecular complexity index is 975. The highest BCUT2D eigenvalue weighted by Crippen LogP contribution is 2.25. The minimum atomic E-state index is -0.621. The standard InChI is InChI=1S/C17H16Cl2FN7O/c1-21-15(28)9-27-8-10(5-24-27)25-17-23-7-14(20)16(26-17)22-6-11-12(18)3-2-4-13(11)19/h2-5,7-8H,6,9H2,1H3,(H,21,28)(H2,22,23,25,26). The van der Waals surface area contributed by atoms with Crippen LogP contribution in [0, 0.1) is 5.82 Å². The highest BCUT2D eigenvalue weighted by Gasteiger charge is 2.11. The Hall–Kier alpha value is -2.91. The number of nitrogens with one attached hydrogen (secondary N) is 3. The maximum atomic E-state index is 14.1. The zero-order chi connectivity index (χ0) is 20.1. The molecule has 0 fully saturated rings. The van der Waals surface area contributed by atoms with E-state index in [0.717, 1.165) is 6.20 Å². The minimum absolute atomic E-state index is 0.00811. The second kappa shape index (κ2) is 8.85. The van der Waals surface area contributed by atoms with Gasteiger partial charge in [-0.15, -0.1) is 0 Å². The van der Waals surface area contributed by atoms with Crippen molar-refractivity contribution in [3.05, 3.63) is 58.2 Å². The van der Waals surface area contributed by atoms with Crippen molar-refractivity contribution in [1.29, 1.82) is 0 Å². The molecule has 146 valence electrons. The Kier molecular flexibility index (Phi) is 6.27. The molecule has 2 aromatic heterocycles. The maximum Gasteiger partial charge on any atom is 0.241 e. The van der Waals surface area contributed by atoms with Gasteiger partial charge >= 0.3 is 0 Å². The van der Waals surface area contributed by atoms with E-state index in [1.165, 1.54) is 10.9 Å². The first-order chi connectivity index (χ1) is 13.5. The summed E-state index contributed by atoms with van der Waals surface area (Å²) in [5.74, 6) is -0.652. The Morgan fingerprint density at radius 1 is 1.25 bits per heavy atom. The number of aromatic nitrogens is 4. The highest BCUT2D eigenvalue weighted by atomic mass is 35.5. The van der Waals surface area contributed by atoms with E-state index in [1.807, 2.05) is 0 Å². The van der Waals surface area contributed by atoms with E-state index in [-0.39, 0.29) is 30.8 Å². The van der Waals surface area contributed by atoms with Gasteiger partial charge in [0.05, 0.1) is 18.1 Å². The van der Waals surface area contributed by atoms with Gasteiger partial charge in [0, 0.05) is 35.4 Å². The fraction of sp³-hybridized carbons (Fsp3) is 0.176. The van der Waals surface area contributed by atoms with Crippen LogP contribution in [0.15, 0.2) is 36.8 Å². The summed E-state index contributed by atoms with van der Waals surface area (Å²) >= 11 is 12.2. The van der Waals surface area contributed by atoms with Gasteiger partial charge in [0.15, 0.2) is 11.6 Å². The molecule has 0 spiro atoms. The van der Waals surface area contributed by atoms with E-state index in [4.69, 9.17) is 23.2 Å². The normalized spacial score (nSPS) is 10.6. The van der Waals surface area contributed by atoms with E-state index >= 15 is 0 Å². The van der Waals surface area contributed by atoms with Crippen LogP contribution in [0.5, 0.6) is 0 Å². The van der Waals surface area contributed by atoms with Gasteiger partial charge in [0.25, 0.3) is 0 Å². The van der Waals surface area contributed by atoms with Crippen LogP contribution in [0.2, 0.25) is 10.0 Å². The number of carbonyl (C=O) groups excluding carboxylic acids is 1. The lowest BCUT2D eigenvalue weighted by atomic mass is 10.2. The van der Waals surface area contributed by atoms with Crippen molar-refractivity contribution >= 4 is 46.6 Å². The van der Waals surface area contributed by atoms with Crippen LogP contribution < -0.4 is 16.0 Å². The van der Waals surface area contributed by atoms with Crippen molar-refractivity contribution in [3.63, 3.8) is 0 Å². The number of rotatable bonds is 7. The molecule has 0 bridgehead atoms. The molecular weight excluding hydrogens is 408 g/mol. The number of anilines is 3. The zero-order valence-corrected chi connectivity index (χ0v) is 16.2. The number of likely N-dealkylation sites (N-methyl/N-ethyl adjacent to an activating group) is 1. The van der Waals surface area contributed by atoms with Crippen molar-refractivity contribution in [2.24, 2.45) is 0 Å². The van der Waals surface area contributed by atoms with E-state index in [2.05, 4.69) is 31.0 Å². The number of nitrogens with zero attached hydrogens (tertiary/aromatic N) is 4. The van der Waals surface area contributed by atoms with Crippen molar-refractivity contribution in [3.8, 4) is 0 Å². The second-order valence-corrected chi connectivity index (χ2v) is 6.48. The monoisotopic (exact) mass is 423 g/mol. The summed E-state index contributed by atoms with van der Waals surface area (Å²) < 4.78 is 15.5. The third kappa shape index (κ3) is 4.87. The summed E-state index contributed by atoms with van der Waals surface area (Å²) in [6.07, 6.45) is 4.16. The van der Waals surface area contributed by atoms with Gasteiger partial charge in [0.1, 0.15) is 6.54 Å². The van der Waals surface area contributed by atoms with Crippen molar-refractivity contribution in [2.45, 2.75) is 13.1 Å². The average molecular weight is 424 g/mol. The molecule has 3 N–H and O–H groups in total. The summed E-state index contributed by atoms with van der Waals surface area (Å²) in [5, 5.41) is 13.3. The second-order valence-electron chi connectivity index (χ2n) is 5.67. The first-order valence-electron chi connectivity index (χ1n) is 8.15. The van der Waals surface area contributed by atoms with Gasteiger partial charge in [-0.05, 0) is 12.1 Å². The van der Waals surface area contributed by atoms with E-state index in [9.17, 15) is 9.18 Å². The van der Waals surface area contributed by atoms with E-state index in [1.54, 1.807) is 31.4 Å². The van der Waals surface area contributed by atoms with Crippen LogP contribution in [0.3, 0.4) is 0 Å². The Morgan fingerprint density at radius 2 is 2.00 bits per heavy atom. The largest absolute Gasteiger partial charge is 0.363 e. The third-order valence-corrected chi connectivity index (χ3v) is 4.42. The highest BCUT2D eigenvalue weighted by molar-refractivity contribution is 6.36. The minimum Gasteiger partial charge on any atom is -0.363 e. The van der Waals surface area contributed by atoms with Gasteiger partial charge in [-0.3, -0.25) is 9.48 Å². The summed E-state index contributed by atoms with van der Waals surface area (Å²) in [4.78, 5) is 19.4. The van der Waals surface area contributed by atoms with Gasteiger partial charge in [-0.25, -0.2) is 9.37 Å². The molecule has 0 saturated carbocycles. The number of benzene rings is 1. The molecule has 28 heavy (non-hydrogen) atoms. The van der Waals surface area contributed by atoms with Crippen LogP contribution in [0.4, 0.5) is 21.8 Å². The fourth-order valence-electron chi connectivity index (χ4n) is 2.29. The first kappa shape index (κ1) is 19.8. The van der Waals surface area contributed by atoms with Gasteiger partial charge in [-0.2, -0.15) is 10.1 Å². The summed E-state index contributed by atoms with van der Waals surface area (Å²) in [5.41, 5.74) is 1.18. The molecule has 2 heterocycles. The number of hydrogen-bond donors (Lipinski definition) is 3. The molecule has 1 amide bonds. The third-order valence-electron chi connectivity index (χ3n) is 3.71. The molecule has 0 aliphatic heterocycles. The molecule has 11 heteroatoms. The molecule has 3 aromatic rings. The molecular formula is C17H16Cl2FN7O. The quantitative estimate of drug-likeness (QED) is 0.539. The molecule has 0 unspecified atom stereocenters. The number of halogens is 3. The van der Waals surface area contributed by atoms with Crippen molar-refractivity contribution in [2.75, 3.05) is 17.7 Å². The molecule has 3 rings (SSSR count). The molecule has 1 aromatic carbocycles. The predicted octanol–water partition coefficient (Wildman–Crippen LogP) is 3.22. The summed E-state index contributed by atoms with van der Waals surface area (Å²) in [6, 6.07) is 5.13. The van der Waals surface area contributed by atoms with Crippen LogP contribution in [0.1, 0.15) is 5.56 Å². The van der Waals surface area contributed by atoms with E-state index in [0.29, 0.717) is 21.3 Å². The van der Waals surface area contributed by atoms with Crippen LogP contribution >= 0.6 is 23.2 Å². The topological polar surface area (TPSA) is 96.8 Å². The molecule has 8 nitrogen and oxygen atoms in total. The average Bonchev–Trinajstić information content (AvgIpc) is 3.10. The molecule has 0 atom stereocenters. The lowest BCUT2D eigenvalue weighted by Gasteiger charge is -2.11. The van der Waals surface area contributed by atoms with Crippen molar-refractivity contribution in [1.82, 2.24) is 25.1 Å². The van der Waals surface area contributed by atoms with Crippen LogP contribution in [-0.2, 0) is 17.9 Å². The Balaban J connectivity index is 1.70. The summed E-state index contributed by atoms with van der Waals surface area (Å²) in [6.45, 7) is 0.268. The molecule has 0 saturated heterocycles. The lowest BCUT2D eigenvalue weighted by Crippen LogP contribution is -2.23. The number of carbonyl (C=O) groups is 1. The molecule has 0 radical (unpaired) electrons. The lowest BCUT2D eigenvalue weighted by molar-refractivity contribution is -0.121. The van der Waals surface area contributed by atoms with E-state index < -0.39 is 5.82 Å². The van der Waals surface area contributed by atoms with Gasteiger partial charge < -0.3 is 16.0 Å².